The van der Waals surface area contributed by atoms with Crippen LogP contribution in [0.3, 0.4) is 0 Å². The van der Waals surface area contributed by atoms with Crippen molar-refractivity contribution in [3.8, 4) is 5.75 Å². The molecule has 0 radical (unpaired) electrons. The second kappa shape index (κ2) is 6.80. The second-order valence-electron chi connectivity index (χ2n) is 6.65. The van der Waals surface area contributed by atoms with E-state index in [1.165, 1.54) is 5.56 Å². The molecule has 0 unspecified atom stereocenters. The fourth-order valence-corrected chi connectivity index (χ4v) is 4.14. The minimum atomic E-state index is -0.0130. The fourth-order valence-electron chi connectivity index (χ4n) is 4.14. The van der Waals surface area contributed by atoms with Gasteiger partial charge in [-0.1, -0.05) is 12.1 Å². The molecule has 3 atom stereocenters. The Morgan fingerprint density at radius 3 is 2.84 bits per heavy atom. The van der Waals surface area contributed by atoms with Crippen LogP contribution in [-0.2, 0) is 0 Å². The molecule has 3 heterocycles. The lowest BCUT2D eigenvalue weighted by atomic mass is 9.82. The molecule has 2 aliphatic rings. The molecule has 2 fully saturated rings. The molecule has 0 saturated carbocycles. The molecular weight excluding hydrogens is 316 g/mol. The third kappa shape index (κ3) is 2.98. The van der Waals surface area contributed by atoms with Gasteiger partial charge < -0.3 is 15.0 Å². The largest absolute Gasteiger partial charge is 0.497 e. The highest BCUT2D eigenvalue weighted by Crippen LogP contribution is 2.40. The normalized spacial score (nSPS) is 25.5. The number of aromatic nitrogens is 2. The molecule has 1 amide bonds. The molecule has 2 saturated heterocycles. The van der Waals surface area contributed by atoms with Gasteiger partial charge in [0.2, 0.25) is 0 Å². The molecule has 4 rings (SSSR count). The number of likely N-dealkylation sites (tertiary alicyclic amines) is 1. The van der Waals surface area contributed by atoms with Gasteiger partial charge in [0, 0.05) is 43.4 Å². The van der Waals surface area contributed by atoms with Crippen molar-refractivity contribution >= 4 is 5.91 Å². The van der Waals surface area contributed by atoms with E-state index in [9.17, 15) is 4.79 Å². The minimum Gasteiger partial charge on any atom is -0.497 e. The Balaban J connectivity index is 1.62. The van der Waals surface area contributed by atoms with E-state index < -0.39 is 0 Å². The van der Waals surface area contributed by atoms with E-state index >= 15 is 0 Å². The summed E-state index contributed by atoms with van der Waals surface area (Å²) in [7, 11) is 1.67. The van der Waals surface area contributed by atoms with E-state index in [2.05, 4.69) is 27.4 Å². The maximum atomic E-state index is 13.0. The third-order valence-corrected chi connectivity index (χ3v) is 5.39. The number of ether oxygens (including phenoxy) is 1. The van der Waals surface area contributed by atoms with Gasteiger partial charge in [0.25, 0.3) is 5.91 Å². The molecule has 0 bridgehead atoms. The Kier molecular flexibility index (Phi) is 4.36. The number of piperidine rings is 1. The number of hydrogen-bond donors (Lipinski definition) is 1. The van der Waals surface area contributed by atoms with Gasteiger partial charge in [-0.15, -0.1) is 0 Å². The molecule has 2 aromatic rings. The first-order valence-electron chi connectivity index (χ1n) is 8.69. The molecule has 6 nitrogen and oxygen atoms in total. The van der Waals surface area contributed by atoms with Gasteiger partial charge in [-0.3, -0.25) is 9.78 Å². The number of hydrogen-bond acceptors (Lipinski definition) is 5. The number of rotatable bonds is 3. The van der Waals surface area contributed by atoms with Crippen LogP contribution in [0, 0.1) is 5.92 Å². The zero-order valence-electron chi connectivity index (χ0n) is 14.3. The van der Waals surface area contributed by atoms with E-state index in [-0.39, 0.29) is 11.9 Å². The summed E-state index contributed by atoms with van der Waals surface area (Å²) in [4.78, 5) is 23.2. The van der Waals surface area contributed by atoms with E-state index in [1.54, 1.807) is 25.7 Å². The van der Waals surface area contributed by atoms with Crippen LogP contribution in [0.15, 0.2) is 42.9 Å². The summed E-state index contributed by atoms with van der Waals surface area (Å²) in [5, 5.41) is 3.49. The summed E-state index contributed by atoms with van der Waals surface area (Å²) in [6.07, 6.45) is 5.70. The molecule has 1 aromatic heterocycles. The SMILES string of the molecule is COc1ccc([C@H]2CN(C(=O)c3cnccn3)[C@@H]3CCNC[C@H]23)cc1. The first-order valence-corrected chi connectivity index (χ1v) is 8.69. The smallest absolute Gasteiger partial charge is 0.274 e. The van der Waals surface area contributed by atoms with Crippen LogP contribution in [0.2, 0.25) is 0 Å². The lowest BCUT2D eigenvalue weighted by Gasteiger charge is -2.32. The number of benzene rings is 1. The van der Waals surface area contributed by atoms with Crippen molar-refractivity contribution in [1.82, 2.24) is 20.2 Å². The molecule has 2 aliphatic heterocycles. The molecule has 1 N–H and O–H groups in total. The van der Waals surface area contributed by atoms with E-state index in [4.69, 9.17) is 4.74 Å². The van der Waals surface area contributed by atoms with Crippen molar-refractivity contribution in [2.75, 3.05) is 26.7 Å². The zero-order valence-corrected chi connectivity index (χ0v) is 14.3. The number of nitrogens with one attached hydrogen (secondary N) is 1. The lowest BCUT2D eigenvalue weighted by Crippen LogP contribution is -2.46. The monoisotopic (exact) mass is 338 g/mol. The predicted octanol–water partition coefficient (Wildman–Crippen LogP) is 1.70. The summed E-state index contributed by atoms with van der Waals surface area (Å²) < 4.78 is 5.26. The van der Waals surface area contributed by atoms with Gasteiger partial charge in [0.05, 0.1) is 13.3 Å². The van der Waals surface area contributed by atoms with Crippen LogP contribution in [0.5, 0.6) is 5.75 Å². The van der Waals surface area contributed by atoms with E-state index in [0.717, 1.165) is 31.8 Å². The van der Waals surface area contributed by atoms with Crippen LogP contribution in [0.4, 0.5) is 0 Å². The average molecular weight is 338 g/mol. The molecule has 130 valence electrons. The van der Waals surface area contributed by atoms with Crippen molar-refractivity contribution in [1.29, 1.82) is 0 Å². The van der Waals surface area contributed by atoms with Crippen molar-refractivity contribution in [3.05, 3.63) is 54.1 Å². The quantitative estimate of drug-likeness (QED) is 0.923. The standard InChI is InChI=1S/C19H22N4O2/c1-25-14-4-2-13(3-5-14)16-12-23(18-6-7-20-10-15(16)18)19(24)17-11-21-8-9-22-17/h2-5,8-9,11,15-16,18,20H,6-7,10,12H2,1H3/t15-,16-,18-/m1/s1. The highest BCUT2D eigenvalue weighted by molar-refractivity contribution is 5.92. The van der Waals surface area contributed by atoms with Crippen LogP contribution < -0.4 is 10.1 Å². The van der Waals surface area contributed by atoms with Crippen molar-refractivity contribution in [2.45, 2.75) is 18.4 Å². The van der Waals surface area contributed by atoms with Gasteiger partial charge in [-0.2, -0.15) is 0 Å². The number of methoxy groups -OCH3 is 1. The lowest BCUT2D eigenvalue weighted by molar-refractivity contribution is 0.0691. The highest BCUT2D eigenvalue weighted by atomic mass is 16.5. The Hall–Kier alpha value is -2.47. The Labute approximate surface area is 147 Å². The number of nitrogens with zero attached hydrogens (tertiary/aromatic N) is 3. The Morgan fingerprint density at radius 1 is 1.28 bits per heavy atom. The van der Waals surface area contributed by atoms with Crippen LogP contribution >= 0.6 is 0 Å². The van der Waals surface area contributed by atoms with Crippen molar-refractivity contribution < 1.29 is 9.53 Å². The van der Waals surface area contributed by atoms with Gasteiger partial charge in [-0.25, -0.2) is 4.98 Å². The van der Waals surface area contributed by atoms with Crippen LogP contribution in [-0.4, -0.2) is 53.6 Å². The number of fused-ring (bicyclic) bond motifs is 1. The molecule has 1 aromatic carbocycles. The van der Waals surface area contributed by atoms with Gasteiger partial charge >= 0.3 is 0 Å². The number of carbonyl (C=O) groups is 1. The average Bonchev–Trinajstić information content (AvgIpc) is 3.08. The Morgan fingerprint density at radius 2 is 2.12 bits per heavy atom. The summed E-state index contributed by atoms with van der Waals surface area (Å²) >= 11 is 0. The summed E-state index contributed by atoms with van der Waals surface area (Å²) in [5.74, 6) is 1.58. The Bertz CT molecular complexity index is 735. The van der Waals surface area contributed by atoms with E-state index in [1.807, 2.05) is 17.0 Å². The second-order valence-corrected chi connectivity index (χ2v) is 6.65. The van der Waals surface area contributed by atoms with Gasteiger partial charge in [-0.05, 0) is 30.7 Å². The maximum absolute atomic E-state index is 13.0. The molecule has 25 heavy (non-hydrogen) atoms. The molecular formula is C19H22N4O2. The number of carbonyl (C=O) groups excluding carboxylic acids is 1. The van der Waals surface area contributed by atoms with Crippen LogP contribution in [0.1, 0.15) is 28.4 Å². The highest BCUT2D eigenvalue weighted by Gasteiger charge is 2.45. The predicted molar refractivity (Wildman–Crippen MR) is 93.6 cm³/mol. The van der Waals surface area contributed by atoms with Crippen molar-refractivity contribution in [2.24, 2.45) is 5.92 Å². The summed E-state index contributed by atoms with van der Waals surface area (Å²) in [6.45, 7) is 2.60. The fraction of sp³-hybridized carbons (Fsp3) is 0.421. The number of amides is 1. The van der Waals surface area contributed by atoms with Gasteiger partial charge in [0.15, 0.2) is 0 Å². The van der Waals surface area contributed by atoms with Crippen LogP contribution in [0.25, 0.3) is 0 Å². The summed E-state index contributed by atoms with van der Waals surface area (Å²) in [5.41, 5.74) is 1.68. The maximum Gasteiger partial charge on any atom is 0.274 e. The topological polar surface area (TPSA) is 67.3 Å². The minimum absolute atomic E-state index is 0.0130. The first-order chi connectivity index (χ1) is 12.3. The first kappa shape index (κ1) is 16.0. The van der Waals surface area contributed by atoms with E-state index in [0.29, 0.717) is 17.5 Å². The molecule has 6 heteroatoms. The zero-order chi connectivity index (χ0) is 17.2. The third-order valence-electron chi connectivity index (χ3n) is 5.39. The molecule has 0 spiro atoms. The molecule has 0 aliphatic carbocycles. The summed E-state index contributed by atoms with van der Waals surface area (Å²) in [6, 6.07) is 8.47. The van der Waals surface area contributed by atoms with Gasteiger partial charge in [0.1, 0.15) is 11.4 Å². The van der Waals surface area contributed by atoms with Crippen molar-refractivity contribution in [3.63, 3.8) is 0 Å².